The molecular formula is C24H22FN3OS. The number of carbonyl (C=O) groups is 1. The van der Waals surface area contributed by atoms with E-state index in [4.69, 9.17) is 4.98 Å². The Kier molecular flexibility index (Phi) is 4.47. The molecule has 152 valence electrons. The first-order valence-electron chi connectivity index (χ1n) is 10.1. The quantitative estimate of drug-likeness (QED) is 0.424. The van der Waals surface area contributed by atoms with Crippen LogP contribution < -0.4 is 10.6 Å². The van der Waals surface area contributed by atoms with Gasteiger partial charge in [-0.2, -0.15) is 0 Å². The van der Waals surface area contributed by atoms with E-state index in [0.29, 0.717) is 22.7 Å². The number of amides is 1. The molecule has 2 aromatic carbocycles. The molecule has 2 aromatic heterocycles. The van der Waals surface area contributed by atoms with E-state index in [0.717, 1.165) is 32.2 Å². The third-order valence-electron chi connectivity index (χ3n) is 5.63. The van der Waals surface area contributed by atoms with Crippen LogP contribution in [0.2, 0.25) is 0 Å². The first-order chi connectivity index (χ1) is 14.4. The van der Waals surface area contributed by atoms with Crippen LogP contribution in [-0.2, 0) is 0 Å². The number of thiophene rings is 1. The molecule has 3 heterocycles. The molecule has 0 fully saturated rings. The van der Waals surface area contributed by atoms with Gasteiger partial charge >= 0.3 is 0 Å². The number of hydrogen-bond donors (Lipinski definition) is 2. The standard InChI is InChI=1S/C24H22FN3OS/c1-12(2)14-4-5-15(17(25)10-14)18-7-6-16-19(28-18)8-9-20-21(16)22-23(30-20)24(29)27-13(3)11-26-22/h4-10,12-13,26H,11H2,1-3H3,(H,27,29)/t13-/m1/s1. The van der Waals surface area contributed by atoms with Crippen LogP contribution in [0.3, 0.4) is 0 Å². The molecule has 0 saturated carbocycles. The van der Waals surface area contributed by atoms with Gasteiger partial charge in [0.25, 0.3) is 5.91 Å². The van der Waals surface area contributed by atoms with Gasteiger partial charge < -0.3 is 10.6 Å². The van der Waals surface area contributed by atoms with Crippen LogP contribution in [0.5, 0.6) is 0 Å². The van der Waals surface area contributed by atoms with Gasteiger partial charge in [0.1, 0.15) is 10.7 Å². The summed E-state index contributed by atoms with van der Waals surface area (Å²) in [7, 11) is 0. The van der Waals surface area contributed by atoms with Crippen molar-refractivity contribution in [2.75, 3.05) is 11.9 Å². The number of hydrogen-bond acceptors (Lipinski definition) is 4. The van der Waals surface area contributed by atoms with Crippen molar-refractivity contribution in [1.82, 2.24) is 10.3 Å². The van der Waals surface area contributed by atoms with Crippen LogP contribution in [0.4, 0.5) is 10.1 Å². The molecule has 1 aliphatic rings. The molecule has 1 atom stereocenters. The molecule has 30 heavy (non-hydrogen) atoms. The summed E-state index contributed by atoms with van der Waals surface area (Å²) >= 11 is 1.48. The SMILES string of the molecule is CC(C)c1ccc(-c2ccc3c(ccc4sc5c(c43)NC[C@@H](C)NC5=O)n2)c(F)c1. The lowest BCUT2D eigenvalue weighted by Gasteiger charge is -2.11. The molecule has 1 aliphatic heterocycles. The number of rotatable bonds is 2. The molecule has 4 aromatic rings. The monoisotopic (exact) mass is 419 g/mol. The zero-order valence-corrected chi connectivity index (χ0v) is 17.9. The highest BCUT2D eigenvalue weighted by Crippen LogP contribution is 2.41. The molecule has 0 bridgehead atoms. The van der Waals surface area contributed by atoms with Crippen molar-refractivity contribution in [3.05, 3.63) is 58.7 Å². The summed E-state index contributed by atoms with van der Waals surface area (Å²) in [4.78, 5) is 18.0. The lowest BCUT2D eigenvalue weighted by Crippen LogP contribution is -2.34. The van der Waals surface area contributed by atoms with Crippen molar-refractivity contribution in [2.24, 2.45) is 0 Å². The smallest absolute Gasteiger partial charge is 0.263 e. The van der Waals surface area contributed by atoms with Crippen LogP contribution in [0.1, 0.15) is 41.9 Å². The Morgan fingerprint density at radius 1 is 1.17 bits per heavy atom. The minimum absolute atomic E-state index is 0.0475. The molecule has 0 saturated heterocycles. The first kappa shape index (κ1) is 19.0. The molecular weight excluding hydrogens is 397 g/mol. The normalized spacial score (nSPS) is 16.4. The number of anilines is 1. The Labute approximate surface area is 178 Å². The van der Waals surface area contributed by atoms with Crippen molar-refractivity contribution in [2.45, 2.75) is 32.7 Å². The van der Waals surface area contributed by atoms with E-state index in [1.807, 2.05) is 51.1 Å². The summed E-state index contributed by atoms with van der Waals surface area (Å²) in [6.07, 6.45) is 0. The van der Waals surface area contributed by atoms with Gasteiger partial charge in [0.15, 0.2) is 0 Å². The maximum atomic E-state index is 14.8. The maximum absolute atomic E-state index is 14.8. The Bertz CT molecular complexity index is 1310. The Hall–Kier alpha value is -2.99. The maximum Gasteiger partial charge on any atom is 0.263 e. The van der Waals surface area contributed by atoms with E-state index in [1.165, 1.54) is 11.3 Å². The first-order valence-corrected chi connectivity index (χ1v) is 10.9. The van der Waals surface area contributed by atoms with Crippen LogP contribution in [0.25, 0.3) is 32.2 Å². The molecule has 0 spiro atoms. The van der Waals surface area contributed by atoms with E-state index in [-0.39, 0.29) is 23.7 Å². The van der Waals surface area contributed by atoms with Gasteiger partial charge in [-0.05, 0) is 54.8 Å². The van der Waals surface area contributed by atoms with Gasteiger partial charge in [0.2, 0.25) is 0 Å². The fourth-order valence-corrected chi connectivity index (χ4v) is 5.07. The van der Waals surface area contributed by atoms with Gasteiger partial charge in [-0.15, -0.1) is 11.3 Å². The number of fused-ring (bicyclic) bond motifs is 5. The number of nitrogens with zero attached hydrogens (tertiary/aromatic N) is 1. The number of aromatic nitrogens is 1. The summed E-state index contributed by atoms with van der Waals surface area (Å²) in [5, 5.41) is 8.41. The number of carbonyl (C=O) groups excluding carboxylic acids is 1. The second-order valence-corrected chi connectivity index (χ2v) is 9.21. The highest BCUT2D eigenvalue weighted by atomic mass is 32.1. The predicted octanol–water partition coefficient (Wildman–Crippen LogP) is 5.92. The summed E-state index contributed by atoms with van der Waals surface area (Å²) in [5.41, 5.74) is 3.72. The van der Waals surface area contributed by atoms with Gasteiger partial charge in [-0.3, -0.25) is 4.79 Å². The molecule has 2 N–H and O–H groups in total. The van der Waals surface area contributed by atoms with Gasteiger partial charge in [0, 0.05) is 33.6 Å². The van der Waals surface area contributed by atoms with Gasteiger partial charge in [-0.25, -0.2) is 9.37 Å². The minimum atomic E-state index is -0.258. The number of nitrogens with one attached hydrogen (secondary N) is 2. The van der Waals surface area contributed by atoms with Crippen molar-refractivity contribution in [3.8, 4) is 11.3 Å². The summed E-state index contributed by atoms with van der Waals surface area (Å²) in [6, 6.07) is 13.2. The Morgan fingerprint density at radius 3 is 2.77 bits per heavy atom. The average Bonchev–Trinajstić information content (AvgIpc) is 3.04. The summed E-state index contributed by atoms with van der Waals surface area (Å²) < 4.78 is 15.8. The fraction of sp³-hybridized carbons (Fsp3) is 0.250. The number of halogens is 1. The van der Waals surface area contributed by atoms with E-state index in [9.17, 15) is 9.18 Å². The fourth-order valence-electron chi connectivity index (χ4n) is 3.97. The summed E-state index contributed by atoms with van der Waals surface area (Å²) in [5.74, 6) is -0.0349. The van der Waals surface area contributed by atoms with Crippen LogP contribution in [-0.4, -0.2) is 23.5 Å². The summed E-state index contributed by atoms with van der Waals surface area (Å²) in [6.45, 7) is 6.74. The zero-order valence-electron chi connectivity index (χ0n) is 17.0. The van der Waals surface area contributed by atoms with Crippen molar-refractivity contribution in [1.29, 1.82) is 0 Å². The van der Waals surface area contributed by atoms with Crippen molar-refractivity contribution in [3.63, 3.8) is 0 Å². The number of benzene rings is 2. The van der Waals surface area contributed by atoms with E-state index in [2.05, 4.69) is 10.6 Å². The third-order valence-corrected chi connectivity index (χ3v) is 6.78. The molecule has 0 aliphatic carbocycles. The van der Waals surface area contributed by atoms with E-state index >= 15 is 0 Å². The molecule has 0 radical (unpaired) electrons. The van der Waals surface area contributed by atoms with E-state index in [1.54, 1.807) is 12.1 Å². The van der Waals surface area contributed by atoms with Gasteiger partial charge in [-0.1, -0.05) is 19.9 Å². The van der Waals surface area contributed by atoms with Crippen LogP contribution >= 0.6 is 11.3 Å². The minimum Gasteiger partial charge on any atom is -0.381 e. The third kappa shape index (κ3) is 3.03. The molecule has 0 unspecified atom stereocenters. The predicted molar refractivity (Wildman–Crippen MR) is 122 cm³/mol. The molecule has 4 nitrogen and oxygen atoms in total. The highest BCUT2D eigenvalue weighted by molar-refractivity contribution is 7.21. The second kappa shape index (κ2) is 7.06. The van der Waals surface area contributed by atoms with Gasteiger partial charge in [0.05, 0.1) is 16.9 Å². The van der Waals surface area contributed by atoms with Crippen molar-refractivity contribution < 1.29 is 9.18 Å². The van der Waals surface area contributed by atoms with Crippen LogP contribution in [0.15, 0.2) is 42.5 Å². The lowest BCUT2D eigenvalue weighted by atomic mass is 9.99. The topological polar surface area (TPSA) is 54.0 Å². The average molecular weight is 420 g/mol. The molecule has 5 rings (SSSR count). The lowest BCUT2D eigenvalue weighted by molar-refractivity contribution is 0.0949. The Morgan fingerprint density at radius 2 is 2.00 bits per heavy atom. The molecule has 6 heteroatoms. The van der Waals surface area contributed by atoms with Crippen molar-refractivity contribution >= 4 is 43.9 Å². The number of pyridine rings is 1. The second-order valence-electron chi connectivity index (χ2n) is 8.16. The van der Waals surface area contributed by atoms with E-state index < -0.39 is 0 Å². The zero-order chi connectivity index (χ0) is 21.0. The molecule has 1 amide bonds. The Balaban J connectivity index is 1.66. The van der Waals surface area contributed by atoms with Crippen LogP contribution in [0, 0.1) is 5.82 Å². The largest absolute Gasteiger partial charge is 0.381 e. The highest BCUT2D eigenvalue weighted by Gasteiger charge is 2.24.